The average molecular weight is 230 g/mol. The van der Waals surface area contributed by atoms with Crippen molar-refractivity contribution in [2.45, 2.75) is 0 Å². The highest BCUT2D eigenvalue weighted by Gasteiger charge is 2.15. The zero-order chi connectivity index (χ0) is 11.5. The molecule has 0 spiro atoms. The van der Waals surface area contributed by atoms with Crippen molar-refractivity contribution in [2.24, 2.45) is 0 Å². The van der Waals surface area contributed by atoms with Crippen LogP contribution in [0.2, 0.25) is 0 Å². The Bertz CT molecular complexity index is 475. The van der Waals surface area contributed by atoms with E-state index >= 15 is 0 Å². The van der Waals surface area contributed by atoms with Crippen LogP contribution in [0.3, 0.4) is 0 Å². The zero-order valence-electron chi connectivity index (χ0n) is 9.50. The Hall–Kier alpha value is -1.81. The summed E-state index contributed by atoms with van der Waals surface area (Å²) in [5.74, 6) is 1.71. The summed E-state index contributed by atoms with van der Waals surface area (Å²) in [7, 11) is 0. The van der Waals surface area contributed by atoms with Crippen LogP contribution >= 0.6 is 0 Å². The number of nitrogens with zero attached hydrogens (tertiary/aromatic N) is 2. The normalized spacial score (nSPS) is 16.1. The van der Waals surface area contributed by atoms with E-state index in [9.17, 15) is 0 Å². The van der Waals surface area contributed by atoms with Crippen LogP contribution in [0.5, 0.6) is 0 Å². The zero-order valence-corrected chi connectivity index (χ0v) is 9.50. The van der Waals surface area contributed by atoms with Crippen LogP contribution in [0.15, 0.2) is 40.9 Å². The summed E-state index contributed by atoms with van der Waals surface area (Å²) in [6.45, 7) is 3.27. The summed E-state index contributed by atoms with van der Waals surface area (Å²) >= 11 is 0. The highest BCUT2D eigenvalue weighted by Crippen LogP contribution is 2.24. The first-order valence-electron chi connectivity index (χ1n) is 5.78. The number of hydrogen-bond acceptors (Lipinski definition) is 4. The molecule has 0 amide bonds. The van der Waals surface area contributed by atoms with E-state index in [2.05, 4.69) is 10.1 Å². The largest absolute Gasteiger partial charge is 0.378 e. The van der Waals surface area contributed by atoms with E-state index < -0.39 is 0 Å². The molecule has 0 unspecified atom stereocenters. The van der Waals surface area contributed by atoms with Crippen LogP contribution in [-0.4, -0.2) is 31.5 Å². The Morgan fingerprint density at radius 1 is 1.06 bits per heavy atom. The lowest BCUT2D eigenvalue weighted by molar-refractivity contribution is 0.122. The summed E-state index contributed by atoms with van der Waals surface area (Å²) in [6.07, 6.45) is 0. The Labute approximate surface area is 99.8 Å². The van der Waals surface area contributed by atoms with Crippen molar-refractivity contribution < 1.29 is 9.26 Å². The molecule has 4 nitrogen and oxygen atoms in total. The Balaban J connectivity index is 1.83. The van der Waals surface area contributed by atoms with Gasteiger partial charge in [0.05, 0.1) is 13.2 Å². The van der Waals surface area contributed by atoms with Gasteiger partial charge in [0.2, 0.25) is 0 Å². The van der Waals surface area contributed by atoms with Crippen molar-refractivity contribution in [1.29, 1.82) is 0 Å². The molecule has 0 N–H and O–H groups in total. The number of morpholine rings is 1. The van der Waals surface area contributed by atoms with Crippen LogP contribution in [0, 0.1) is 0 Å². The summed E-state index contributed by atoms with van der Waals surface area (Å²) in [6, 6.07) is 12.0. The molecule has 0 bridgehead atoms. The molecule has 17 heavy (non-hydrogen) atoms. The average Bonchev–Trinajstić information content (AvgIpc) is 2.90. The van der Waals surface area contributed by atoms with Gasteiger partial charge >= 0.3 is 0 Å². The maximum Gasteiger partial charge on any atom is 0.172 e. The summed E-state index contributed by atoms with van der Waals surface area (Å²) in [5.41, 5.74) is 1.06. The number of anilines is 1. The van der Waals surface area contributed by atoms with Crippen LogP contribution in [0.4, 0.5) is 5.82 Å². The first-order valence-corrected chi connectivity index (χ1v) is 5.78. The van der Waals surface area contributed by atoms with E-state index in [1.54, 1.807) is 0 Å². The topological polar surface area (TPSA) is 38.5 Å². The smallest absolute Gasteiger partial charge is 0.172 e. The third-order valence-electron chi connectivity index (χ3n) is 2.89. The molecule has 0 saturated carbocycles. The van der Waals surface area contributed by atoms with Gasteiger partial charge in [0.25, 0.3) is 0 Å². The van der Waals surface area contributed by atoms with Crippen molar-refractivity contribution in [3.8, 4) is 11.3 Å². The van der Waals surface area contributed by atoms with Crippen molar-refractivity contribution in [1.82, 2.24) is 5.16 Å². The summed E-state index contributed by atoms with van der Waals surface area (Å²) in [4.78, 5) is 2.18. The number of aromatic nitrogens is 1. The minimum Gasteiger partial charge on any atom is -0.378 e. The predicted octanol–water partition coefficient (Wildman–Crippen LogP) is 2.18. The fourth-order valence-corrected chi connectivity index (χ4v) is 1.95. The predicted molar refractivity (Wildman–Crippen MR) is 65.0 cm³/mol. The van der Waals surface area contributed by atoms with Gasteiger partial charge in [-0.05, 0) is 0 Å². The van der Waals surface area contributed by atoms with Gasteiger partial charge in [-0.25, -0.2) is 0 Å². The van der Waals surface area contributed by atoms with Crippen LogP contribution in [0.25, 0.3) is 11.3 Å². The molecule has 2 aromatic rings. The number of benzene rings is 1. The highest BCUT2D eigenvalue weighted by atomic mass is 16.5. The van der Waals surface area contributed by atoms with Crippen LogP contribution in [-0.2, 0) is 4.74 Å². The summed E-state index contributed by atoms with van der Waals surface area (Å²) < 4.78 is 10.7. The number of hydrogen-bond donors (Lipinski definition) is 0. The molecule has 1 aliphatic heterocycles. The SMILES string of the molecule is c1ccc(-c2cc(N3CCOCC3)no2)cc1. The van der Waals surface area contributed by atoms with Crippen molar-refractivity contribution in [3.05, 3.63) is 36.4 Å². The monoisotopic (exact) mass is 230 g/mol. The molecule has 0 radical (unpaired) electrons. The van der Waals surface area contributed by atoms with Gasteiger partial charge in [-0.1, -0.05) is 35.5 Å². The molecule has 3 rings (SSSR count). The minimum atomic E-state index is 0.757. The molecule has 88 valence electrons. The van der Waals surface area contributed by atoms with Crippen molar-refractivity contribution in [3.63, 3.8) is 0 Å². The number of ether oxygens (including phenoxy) is 1. The van der Waals surface area contributed by atoms with E-state index in [4.69, 9.17) is 9.26 Å². The lowest BCUT2D eigenvalue weighted by Crippen LogP contribution is -2.36. The van der Waals surface area contributed by atoms with Gasteiger partial charge < -0.3 is 14.2 Å². The molecule has 1 aromatic heterocycles. The van der Waals surface area contributed by atoms with Gasteiger partial charge in [0.1, 0.15) is 0 Å². The molecule has 2 heterocycles. The molecule has 0 aliphatic carbocycles. The van der Waals surface area contributed by atoms with Crippen LogP contribution < -0.4 is 4.90 Å². The van der Waals surface area contributed by atoms with E-state index in [-0.39, 0.29) is 0 Å². The highest BCUT2D eigenvalue weighted by molar-refractivity contribution is 5.61. The van der Waals surface area contributed by atoms with Crippen molar-refractivity contribution >= 4 is 5.82 Å². The molecule has 0 atom stereocenters. The number of rotatable bonds is 2. The molecule has 4 heteroatoms. The van der Waals surface area contributed by atoms with Gasteiger partial charge in [0, 0.05) is 24.7 Å². The second kappa shape index (κ2) is 4.59. The minimum absolute atomic E-state index is 0.757. The first kappa shape index (κ1) is 10.4. The maximum absolute atomic E-state index is 5.37. The van der Waals surface area contributed by atoms with Crippen LogP contribution in [0.1, 0.15) is 0 Å². The van der Waals surface area contributed by atoms with Gasteiger partial charge in [-0.15, -0.1) is 0 Å². The second-order valence-electron chi connectivity index (χ2n) is 4.01. The fraction of sp³-hybridized carbons (Fsp3) is 0.308. The third-order valence-corrected chi connectivity index (χ3v) is 2.89. The molecular weight excluding hydrogens is 216 g/mol. The third kappa shape index (κ3) is 2.17. The molecule has 1 aliphatic rings. The Morgan fingerprint density at radius 2 is 1.82 bits per heavy atom. The molecule has 1 saturated heterocycles. The summed E-state index contributed by atoms with van der Waals surface area (Å²) in [5, 5.41) is 4.11. The van der Waals surface area contributed by atoms with Crippen molar-refractivity contribution in [2.75, 3.05) is 31.2 Å². The van der Waals surface area contributed by atoms with E-state index in [0.717, 1.165) is 43.4 Å². The quantitative estimate of drug-likeness (QED) is 0.792. The lowest BCUT2D eigenvalue weighted by atomic mass is 10.2. The Kier molecular flexibility index (Phi) is 2.80. The molecule has 1 aromatic carbocycles. The standard InChI is InChI=1S/C13H14N2O2/c1-2-4-11(5-3-1)12-10-13(14-17-12)15-6-8-16-9-7-15/h1-5,10H,6-9H2. The second-order valence-corrected chi connectivity index (χ2v) is 4.01. The van der Waals surface area contributed by atoms with E-state index in [1.807, 2.05) is 36.4 Å². The Morgan fingerprint density at radius 3 is 2.59 bits per heavy atom. The van der Waals surface area contributed by atoms with E-state index in [0.29, 0.717) is 0 Å². The molecular formula is C13H14N2O2. The van der Waals surface area contributed by atoms with Gasteiger partial charge in [-0.2, -0.15) is 0 Å². The first-order chi connectivity index (χ1) is 8.43. The van der Waals surface area contributed by atoms with Gasteiger partial charge in [0.15, 0.2) is 11.6 Å². The van der Waals surface area contributed by atoms with E-state index in [1.165, 1.54) is 0 Å². The maximum atomic E-state index is 5.37. The van der Waals surface area contributed by atoms with Gasteiger partial charge in [-0.3, -0.25) is 0 Å². The lowest BCUT2D eigenvalue weighted by Gasteiger charge is -2.25. The fourth-order valence-electron chi connectivity index (χ4n) is 1.95. The molecule has 1 fully saturated rings.